The quantitative estimate of drug-likeness (QED) is 0.745. The monoisotopic (exact) mass is 220 g/mol. The molecule has 0 bridgehead atoms. The SMILES string of the molecule is COC(CC(C#N)Nc1ccccc1)OC. The number of anilines is 1. The third kappa shape index (κ3) is 3.89. The summed E-state index contributed by atoms with van der Waals surface area (Å²) in [4.78, 5) is 0. The highest BCUT2D eigenvalue weighted by atomic mass is 16.7. The van der Waals surface area contributed by atoms with Crippen LogP contribution in [0.1, 0.15) is 6.42 Å². The van der Waals surface area contributed by atoms with Gasteiger partial charge in [0.2, 0.25) is 0 Å². The largest absolute Gasteiger partial charge is 0.370 e. The Bertz CT molecular complexity index is 331. The van der Waals surface area contributed by atoms with Crippen LogP contribution in [0.3, 0.4) is 0 Å². The van der Waals surface area contributed by atoms with E-state index in [0.717, 1.165) is 5.69 Å². The molecule has 1 N–H and O–H groups in total. The van der Waals surface area contributed by atoms with Crippen molar-refractivity contribution in [2.24, 2.45) is 0 Å². The zero-order chi connectivity index (χ0) is 11.8. The van der Waals surface area contributed by atoms with E-state index in [1.165, 1.54) is 0 Å². The van der Waals surface area contributed by atoms with Gasteiger partial charge in [-0.25, -0.2) is 0 Å². The normalized spacial score (nSPS) is 12.1. The lowest BCUT2D eigenvalue weighted by molar-refractivity contribution is -0.106. The third-order valence-corrected chi connectivity index (χ3v) is 2.22. The van der Waals surface area contributed by atoms with E-state index in [1.807, 2.05) is 30.3 Å². The number of ether oxygens (including phenoxy) is 2. The summed E-state index contributed by atoms with van der Waals surface area (Å²) in [6, 6.07) is 11.4. The number of nitrogens with zero attached hydrogens (tertiary/aromatic N) is 1. The van der Waals surface area contributed by atoms with Gasteiger partial charge in [0.15, 0.2) is 6.29 Å². The molecule has 1 unspecified atom stereocenters. The maximum Gasteiger partial charge on any atom is 0.159 e. The molecule has 0 heterocycles. The summed E-state index contributed by atoms with van der Waals surface area (Å²) in [6.07, 6.45) is 0.124. The van der Waals surface area contributed by atoms with Crippen molar-refractivity contribution < 1.29 is 9.47 Å². The van der Waals surface area contributed by atoms with Crippen LogP contribution in [-0.2, 0) is 9.47 Å². The van der Waals surface area contributed by atoms with Gasteiger partial charge in [-0.15, -0.1) is 0 Å². The van der Waals surface area contributed by atoms with Crippen molar-refractivity contribution in [2.45, 2.75) is 18.8 Å². The Labute approximate surface area is 95.8 Å². The molecule has 0 aliphatic rings. The predicted octanol–water partition coefficient (Wildman–Crippen LogP) is 2.00. The molecule has 0 fully saturated rings. The Morgan fingerprint density at radius 1 is 1.25 bits per heavy atom. The van der Waals surface area contributed by atoms with Gasteiger partial charge >= 0.3 is 0 Å². The van der Waals surface area contributed by atoms with Gasteiger partial charge in [-0.05, 0) is 12.1 Å². The molecule has 1 aromatic carbocycles. The van der Waals surface area contributed by atoms with Crippen LogP contribution in [0, 0.1) is 11.3 Å². The van der Waals surface area contributed by atoms with Crippen molar-refractivity contribution in [1.82, 2.24) is 0 Å². The number of nitrogens with one attached hydrogen (secondary N) is 1. The Kier molecular flexibility index (Phi) is 5.34. The number of hydrogen-bond acceptors (Lipinski definition) is 4. The van der Waals surface area contributed by atoms with E-state index in [4.69, 9.17) is 14.7 Å². The molecule has 0 aliphatic carbocycles. The zero-order valence-corrected chi connectivity index (χ0v) is 9.51. The van der Waals surface area contributed by atoms with E-state index in [2.05, 4.69) is 11.4 Å². The highest BCUT2D eigenvalue weighted by molar-refractivity contribution is 5.44. The second kappa shape index (κ2) is 6.83. The summed E-state index contributed by atoms with van der Waals surface area (Å²) < 4.78 is 10.1. The van der Waals surface area contributed by atoms with Crippen molar-refractivity contribution >= 4 is 5.69 Å². The molecular formula is C12H16N2O2. The lowest BCUT2D eigenvalue weighted by Crippen LogP contribution is -2.26. The summed E-state index contributed by atoms with van der Waals surface area (Å²) >= 11 is 0. The number of methoxy groups -OCH3 is 2. The summed E-state index contributed by atoms with van der Waals surface area (Å²) in [5, 5.41) is 12.1. The zero-order valence-electron chi connectivity index (χ0n) is 9.51. The van der Waals surface area contributed by atoms with Gasteiger partial charge in [-0.3, -0.25) is 0 Å². The highest BCUT2D eigenvalue weighted by Crippen LogP contribution is 2.11. The number of para-hydroxylation sites is 1. The van der Waals surface area contributed by atoms with Gasteiger partial charge in [-0.1, -0.05) is 18.2 Å². The molecule has 1 rings (SSSR count). The maximum atomic E-state index is 9.00. The van der Waals surface area contributed by atoms with Gasteiger partial charge in [0.1, 0.15) is 6.04 Å². The van der Waals surface area contributed by atoms with E-state index in [-0.39, 0.29) is 12.3 Å². The molecule has 0 saturated carbocycles. The molecule has 4 heteroatoms. The fourth-order valence-electron chi connectivity index (χ4n) is 1.36. The fraction of sp³-hybridized carbons (Fsp3) is 0.417. The van der Waals surface area contributed by atoms with Crippen LogP contribution in [0.4, 0.5) is 5.69 Å². The Morgan fingerprint density at radius 3 is 2.38 bits per heavy atom. The Balaban J connectivity index is 2.53. The number of benzene rings is 1. The molecule has 0 aliphatic heterocycles. The maximum absolute atomic E-state index is 9.00. The van der Waals surface area contributed by atoms with Gasteiger partial charge < -0.3 is 14.8 Å². The first-order valence-corrected chi connectivity index (χ1v) is 5.07. The number of rotatable bonds is 6. The smallest absolute Gasteiger partial charge is 0.159 e. The van der Waals surface area contributed by atoms with Crippen molar-refractivity contribution in [2.75, 3.05) is 19.5 Å². The van der Waals surface area contributed by atoms with E-state index >= 15 is 0 Å². The van der Waals surface area contributed by atoms with Gasteiger partial charge in [0.25, 0.3) is 0 Å². The van der Waals surface area contributed by atoms with Gasteiger partial charge in [0.05, 0.1) is 6.07 Å². The minimum absolute atomic E-state index is 0.327. The van der Waals surface area contributed by atoms with Gasteiger partial charge in [0, 0.05) is 26.3 Å². The molecule has 1 aromatic rings. The molecule has 0 saturated heterocycles. The van der Waals surface area contributed by atoms with Crippen LogP contribution >= 0.6 is 0 Å². The number of hydrogen-bond donors (Lipinski definition) is 1. The fourth-order valence-corrected chi connectivity index (χ4v) is 1.36. The van der Waals surface area contributed by atoms with E-state index < -0.39 is 0 Å². The lowest BCUT2D eigenvalue weighted by Gasteiger charge is -2.18. The van der Waals surface area contributed by atoms with E-state index in [1.54, 1.807) is 14.2 Å². The van der Waals surface area contributed by atoms with Crippen molar-refractivity contribution in [3.05, 3.63) is 30.3 Å². The van der Waals surface area contributed by atoms with Crippen molar-refractivity contribution in [1.29, 1.82) is 5.26 Å². The minimum Gasteiger partial charge on any atom is -0.370 e. The molecule has 86 valence electrons. The van der Waals surface area contributed by atoms with E-state index in [0.29, 0.717) is 6.42 Å². The Morgan fingerprint density at radius 2 is 1.88 bits per heavy atom. The summed E-state index contributed by atoms with van der Waals surface area (Å²) in [7, 11) is 3.12. The van der Waals surface area contributed by atoms with Crippen LogP contribution in [0.15, 0.2) is 30.3 Å². The second-order valence-corrected chi connectivity index (χ2v) is 3.33. The standard InChI is InChI=1S/C12H16N2O2/c1-15-12(16-2)8-11(9-13)14-10-6-4-3-5-7-10/h3-7,11-12,14H,8H2,1-2H3. The molecule has 4 nitrogen and oxygen atoms in total. The summed E-state index contributed by atoms with van der Waals surface area (Å²) in [6.45, 7) is 0. The average molecular weight is 220 g/mol. The summed E-state index contributed by atoms with van der Waals surface area (Å²) in [5.41, 5.74) is 0.917. The Hall–Kier alpha value is -1.57. The molecule has 1 atom stereocenters. The minimum atomic E-state index is -0.360. The van der Waals surface area contributed by atoms with Crippen molar-refractivity contribution in [3.8, 4) is 6.07 Å². The predicted molar refractivity (Wildman–Crippen MR) is 61.9 cm³/mol. The van der Waals surface area contributed by atoms with Crippen LogP contribution < -0.4 is 5.32 Å². The lowest BCUT2D eigenvalue weighted by atomic mass is 10.2. The molecular weight excluding hydrogens is 204 g/mol. The first-order valence-electron chi connectivity index (χ1n) is 5.07. The van der Waals surface area contributed by atoms with Crippen LogP contribution in [0.25, 0.3) is 0 Å². The second-order valence-electron chi connectivity index (χ2n) is 3.33. The molecule has 0 aromatic heterocycles. The molecule has 0 radical (unpaired) electrons. The molecule has 0 spiro atoms. The average Bonchev–Trinajstić information content (AvgIpc) is 2.35. The molecule has 0 amide bonds. The van der Waals surface area contributed by atoms with Gasteiger partial charge in [-0.2, -0.15) is 5.26 Å². The highest BCUT2D eigenvalue weighted by Gasteiger charge is 2.14. The van der Waals surface area contributed by atoms with E-state index in [9.17, 15) is 0 Å². The first kappa shape index (κ1) is 12.5. The van der Waals surface area contributed by atoms with Crippen LogP contribution in [0.2, 0.25) is 0 Å². The molecule has 16 heavy (non-hydrogen) atoms. The first-order chi connectivity index (χ1) is 7.80. The topological polar surface area (TPSA) is 54.3 Å². The third-order valence-electron chi connectivity index (χ3n) is 2.22. The number of nitriles is 1. The van der Waals surface area contributed by atoms with Crippen LogP contribution in [-0.4, -0.2) is 26.6 Å². The summed E-state index contributed by atoms with van der Waals surface area (Å²) in [5.74, 6) is 0. The van der Waals surface area contributed by atoms with Crippen molar-refractivity contribution in [3.63, 3.8) is 0 Å². The van der Waals surface area contributed by atoms with Crippen LogP contribution in [0.5, 0.6) is 0 Å².